The molecule has 2 nitrogen and oxygen atoms in total. The molecule has 1 rings (SSSR count). The van der Waals surface area contributed by atoms with Crippen LogP contribution in [-0.4, -0.2) is 48.3 Å². The van der Waals surface area contributed by atoms with E-state index in [2.05, 4.69) is 32.1 Å². The fourth-order valence-electron chi connectivity index (χ4n) is 2.69. The van der Waals surface area contributed by atoms with Crippen LogP contribution in [0, 0.1) is 11.3 Å². The molecule has 1 aliphatic carbocycles. The molecular weight excluding hydrogens is 218 g/mol. The third kappa shape index (κ3) is 3.94. The van der Waals surface area contributed by atoms with Crippen LogP contribution in [0.15, 0.2) is 0 Å². The SMILES string of the molecule is CSCCN(C)CC1CCCC(C)(C)C1O. The van der Waals surface area contributed by atoms with E-state index in [0.717, 1.165) is 13.1 Å². The van der Waals surface area contributed by atoms with Crippen molar-refractivity contribution in [1.29, 1.82) is 0 Å². The van der Waals surface area contributed by atoms with Crippen molar-refractivity contribution in [3.8, 4) is 0 Å². The minimum Gasteiger partial charge on any atom is -0.392 e. The lowest BCUT2D eigenvalue weighted by Gasteiger charge is -2.42. The van der Waals surface area contributed by atoms with E-state index >= 15 is 0 Å². The predicted molar refractivity (Wildman–Crippen MR) is 73.0 cm³/mol. The molecule has 16 heavy (non-hydrogen) atoms. The average Bonchev–Trinajstić information content (AvgIpc) is 2.22. The van der Waals surface area contributed by atoms with Gasteiger partial charge >= 0.3 is 0 Å². The Bertz CT molecular complexity index is 208. The van der Waals surface area contributed by atoms with Gasteiger partial charge in [-0.05, 0) is 37.5 Å². The normalized spacial score (nSPS) is 29.6. The highest BCUT2D eigenvalue weighted by Crippen LogP contribution is 2.39. The molecule has 1 fully saturated rings. The quantitative estimate of drug-likeness (QED) is 0.805. The first-order valence-corrected chi connectivity index (χ1v) is 7.72. The second-order valence-corrected chi connectivity index (χ2v) is 6.83. The molecule has 96 valence electrons. The molecule has 0 spiro atoms. The van der Waals surface area contributed by atoms with Gasteiger partial charge in [0.2, 0.25) is 0 Å². The molecule has 3 heteroatoms. The number of hydrogen-bond donors (Lipinski definition) is 1. The molecule has 0 bridgehead atoms. The lowest BCUT2D eigenvalue weighted by atomic mass is 9.69. The van der Waals surface area contributed by atoms with Gasteiger partial charge in [-0.25, -0.2) is 0 Å². The highest BCUT2D eigenvalue weighted by atomic mass is 32.2. The number of aliphatic hydroxyl groups excluding tert-OH is 1. The van der Waals surface area contributed by atoms with Gasteiger partial charge in [0.15, 0.2) is 0 Å². The first-order chi connectivity index (χ1) is 7.47. The smallest absolute Gasteiger partial charge is 0.0631 e. The van der Waals surface area contributed by atoms with Gasteiger partial charge in [-0.2, -0.15) is 11.8 Å². The standard InChI is InChI=1S/C13H27NOS/c1-13(2)7-5-6-11(12(13)15)10-14(3)8-9-16-4/h11-12,15H,5-10H2,1-4H3. The summed E-state index contributed by atoms with van der Waals surface area (Å²) in [6.07, 6.45) is 5.64. The van der Waals surface area contributed by atoms with Crippen LogP contribution in [-0.2, 0) is 0 Å². The topological polar surface area (TPSA) is 23.5 Å². The second kappa shape index (κ2) is 6.27. The summed E-state index contributed by atoms with van der Waals surface area (Å²) in [6, 6.07) is 0. The van der Waals surface area contributed by atoms with Gasteiger partial charge in [0.1, 0.15) is 0 Å². The first-order valence-electron chi connectivity index (χ1n) is 6.33. The van der Waals surface area contributed by atoms with Crippen LogP contribution in [0.2, 0.25) is 0 Å². The fraction of sp³-hybridized carbons (Fsp3) is 1.00. The Balaban J connectivity index is 2.41. The van der Waals surface area contributed by atoms with Crippen LogP contribution >= 0.6 is 11.8 Å². The van der Waals surface area contributed by atoms with Crippen molar-refractivity contribution in [2.45, 2.75) is 39.2 Å². The van der Waals surface area contributed by atoms with E-state index in [1.165, 1.54) is 25.0 Å². The van der Waals surface area contributed by atoms with Gasteiger partial charge < -0.3 is 10.0 Å². The molecule has 0 saturated heterocycles. The molecule has 2 unspecified atom stereocenters. The zero-order chi connectivity index (χ0) is 12.2. The van der Waals surface area contributed by atoms with Crippen molar-refractivity contribution in [2.75, 3.05) is 32.1 Å². The first kappa shape index (κ1) is 14.3. The van der Waals surface area contributed by atoms with Gasteiger partial charge in [0.05, 0.1) is 6.10 Å². The molecule has 0 aromatic heterocycles. The van der Waals surface area contributed by atoms with Gasteiger partial charge in [0.25, 0.3) is 0 Å². The molecule has 0 aromatic carbocycles. The van der Waals surface area contributed by atoms with Crippen LogP contribution < -0.4 is 0 Å². The molecular formula is C13H27NOS. The highest BCUT2D eigenvalue weighted by molar-refractivity contribution is 7.98. The molecule has 1 aliphatic rings. The molecule has 0 aliphatic heterocycles. The summed E-state index contributed by atoms with van der Waals surface area (Å²) in [4.78, 5) is 2.37. The van der Waals surface area contributed by atoms with Gasteiger partial charge in [-0.1, -0.05) is 20.3 Å². The Kier molecular flexibility index (Phi) is 5.62. The van der Waals surface area contributed by atoms with Crippen molar-refractivity contribution in [3.05, 3.63) is 0 Å². The maximum absolute atomic E-state index is 10.3. The summed E-state index contributed by atoms with van der Waals surface area (Å²) in [7, 11) is 2.17. The van der Waals surface area contributed by atoms with Crippen molar-refractivity contribution >= 4 is 11.8 Å². The summed E-state index contributed by atoms with van der Waals surface area (Å²) in [5, 5.41) is 10.3. The van der Waals surface area contributed by atoms with Crippen molar-refractivity contribution < 1.29 is 5.11 Å². The highest BCUT2D eigenvalue weighted by Gasteiger charge is 2.37. The van der Waals surface area contributed by atoms with Crippen molar-refractivity contribution in [3.63, 3.8) is 0 Å². The lowest BCUT2D eigenvalue weighted by molar-refractivity contribution is -0.0404. The largest absolute Gasteiger partial charge is 0.392 e. The number of hydrogen-bond acceptors (Lipinski definition) is 3. The average molecular weight is 245 g/mol. The molecule has 2 atom stereocenters. The van der Waals surface area contributed by atoms with Gasteiger partial charge in [0, 0.05) is 18.8 Å². The minimum absolute atomic E-state index is 0.114. The van der Waals surface area contributed by atoms with Crippen LogP contribution in [0.3, 0.4) is 0 Å². The summed E-state index contributed by atoms with van der Waals surface area (Å²) >= 11 is 1.89. The van der Waals surface area contributed by atoms with E-state index < -0.39 is 0 Å². The number of nitrogens with zero attached hydrogens (tertiary/aromatic N) is 1. The van der Waals surface area contributed by atoms with Crippen molar-refractivity contribution in [1.82, 2.24) is 4.90 Å². The molecule has 0 radical (unpaired) electrons. The van der Waals surface area contributed by atoms with Crippen molar-refractivity contribution in [2.24, 2.45) is 11.3 Å². The minimum atomic E-state index is -0.127. The monoisotopic (exact) mass is 245 g/mol. The van der Waals surface area contributed by atoms with Crippen LogP contribution in [0.1, 0.15) is 33.1 Å². The molecule has 0 heterocycles. The summed E-state index contributed by atoms with van der Waals surface area (Å²) in [6.45, 7) is 6.58. The van der Waals surface area contributed by atoms with E-state index in [1.54, 1.807) is 0 Å². The summed E-state index contributed by atoms with van der Waals surface area (Å²) in [5.41, 5.74) is 0.114. The molecule has 0 amide bonds. The van der Waals surface area contributed by atoms with Crippen LogP contribution in [0.5, 0.6) is 0 Å². The lowest BCUT2D eigenvalue weighted by Crippen LogP contribution is -2.44. The molecule has 0 aromatic rings. The third-order valence-electron chi connectivity index (χ3n) is 3.87. The maximum Gasteiger partial charge on any atom is 0.0631 e. The third-order valence-corrected chi connectivity index (χ3v) is 4.46. The number of rotatable bonds is 5. The Morgan fingerprint density at radius 3 is 2.75 bits per heavy atom. The number of aliphatic hydroxyl groups is 1. The Hall–Kier alpha value is 0.270. The maximum atomic E-state index is 10.3. The van der Waals surface area contributed by atoms with E-state index in [0.29, 0.717) is 5.92 Å². The predicted octanol–water partition coefficient (Wildman–Crippen LogP) is 2.47. The van der Waals surface area contributed by atoms with E-state index in [1.807, 2.05) is 11.8 Å². The molecule has 1 N–H and O–H groups in total. The second-order valence-electron chi connectivity index (χ2n) is 5.84. The summed E-state index contributed by atoms with van der Waals surface area (Å²) in [5.74, 6) is 1.65. The van der Waals surface area contributed by atoms with Crippen LogP contribution in [0.25, 0.3) is 0 Å². The van der Waals surface area contributed by atoms with Gasteiger partial charge in [-0.3, -0.25) is 0 Å². The zero-order valence-corrected chi connectivity index (χ0v) is 12.0. The van der Waals surface area contributed by atoms with E-state index in [9.17, 15) is 5.11 Å². The van der Waals surface area contributed by atoms with Crippen LogP contribution in [0.4, 0.5) is 0 Å². The van der Waals surface area contributed by atoms with E-state index in [-0.39, 0.29) is 11.5 Å². The zero-order valence-electron chi connectivity index (χ0n) is 11.2. The Morgan fingerprint density at radius 2 is 2.12 bits per heavy atom. The Labute approximate surface area is 105 Å². The fourth-order valence-corrected chi connectivity index (χ4v) is 3.19. The molecule has 1 saturated carbocycles. The van der Waals surface area contributed by atoms with Gasteiger partial charge in [-0.15, -0.1) is 0 Å². The number of thioether (sulfide) groups is 1. The Morgan fingerprint density at radius 1 is 1.44 bits per heavy atom. The summed E-state index contributed by atoms with van der Waals surface area (Å²) < 4.78 is 0. The van der Waals surface area contributed by atoms with E-state index in [4.69, 9.17) is 0 Å².